The van der Waals surface area contributed by atoms with Crippen molar-refractivity contribution in [2.75, 3.05) is 7.11 Å². The number of hydrogen-bond acceptors (Lipinski definition) is 4. The second-order valence-corrected chi connectivity index (χ2v) is 11.4. The van der Waals surface area contributed by atoms with Crippen molar-refractivity contribution in [3.63, 3.8) is 0 Å². The summed E-state index contributed by atoms with van der Waals surface area (Å²) in [4.78, 5) is 0. The Bertz CT molecular complexity index is 1380. The quantitative estimate of drug-likeness (QED) is 0.166. The second-order valence-electron chi connectivity index (χ2n) is 10.8. The summed E-state index contributed by atoms with van der Waals surface area (Å²) in [7, 11) is 1.72. The zero-order valence-corrected chi connectivity index (χ0v) is 27.8. The lowest BCUT2D eigenvalue weighted by Crippen LogP contribution is -2.20. The van der Waals surface area contributed by atoms with Crippen molar-refractivity contribution in [3.8, 4) is 17.2 Å². The second kappa shape index (κ2) is 15.8. The Hall–Kier alpha value is -3.08. The van der Waals surface area contributed by atoms with Crippen molar-refractivity contribution < 1.29 is 9.47 Å². The van der Waals surface area contributed by atoms with E-state index in [4.69, 9.17) is 9.47 Å². The molecule has 0 N–H and O–H groups in total. The molecule has 4 heteroatoms. The molecule has 0 spiro atoms. The first kappa shape index (κ1) is 34.1. The van der Waals surface area contributed by atoms with Crippen LogP contribution in [0.2, 0.25) is 0 Å². The monoisotopic (exact) mass is 586 g/mol. The van der Waals surface area contributed by atoms with Gasteiger partial charge in [0.1, 0.15) is 17.2 Å². The molecule has 0 radical (unpaired) electrons. The number of aryl methyl sites for hydroxylation is 5. The molecule has 0 aromatic heterocycles. The number of thiol groups is 2. The minimum atomic E-state index is -0.195. The molecule has 0 atom stereocenters. The van der Waals surface area contributed by atoms with E-state index in [9.17, 15) is 0 Å². The molecule has 0 heterocycles. The van der Waals surface area contributed by atoms with E-state index >= 15 is 0 Å². The average Bonchev–Trinajstić information content (AvgIpc) is 2.97. The highest BCUT2D eigenvalue weighted by atomic mass is 32.1. The van der Waals surface area contributed by atoms with Crippen molar-refractivity contribution in [1.29, 1.82) is 0 Å². The highest BCUT2D eigenvalue weighted by molar-refractivity contribution is 7.79. The zero-order valence-electron chi connectivity index (χ0n) is 26.0. The summed E-state index contributed by atoms with van der Waals surface area (Å²) in [5.41, 5.74) is 10.6. The molecular formula is C37H46O2S2. The van der Waals surface area contributed by atoms with Gasteiger partial charge in [0, 0.05) is 28.0 Å². The number of hydrogen-bond donors (Lipinski definition) is 2. The lowest BCUT2D eigenvalue weighted by molar-refractivity contribution is 0.407. The van der Waals surface area contributed by atoms with Crippen LogP contribution in [-0.2, 0) is 16.9 Å². The van der Waals surface area contributed by atoms with Gasteiger partial charge in [0.05, 0.1) is 7.11 Å². The van der Waals surface area contributed by atoms with Crippen LogP contribution in [0, 0.1) is 34.6 Å². The molecule has 0 saturated heterocycles. The summed E-state index contributed by atoms with van der Waals surface area (Å²) in [6, 6.07) is 25.5. The Morgan fingerprint density at radius 2 is 0.976 bits per heavy atom. The first-order valence-electron chi connectivity index (χ1n) is 13.8. The fourth-order valence-corrected chi connectivity index (χ4v) is 5.09. The van der Waals surface area contributed by atoms with E-state index in [2.05, 4.69) is 148 Å². The first-order chi connectivity index (χ1) is 19.5. The van der Waals surface area contributed by atoms with Crippen LogP contribution in [0.1, 0.15) is 63.9 Å². The lowest BCUT2D eigenvalue weighted by Gasteiger charge is -2.29. The molecule has 0 unspecified atom stereocenters. The summed E-state index contributed by atoms with van der Waals surface area (Å²) in [5, 5.41) is 0. The fourth-order valence-electron chi connectivity index (χ4n) is 4.62. The van der Waals surface area contributed by atoms with Crippen LogP contribution in [0.15, 0.2) is 86.0 Å². The molecule has 0 amide bonds. The van der Waals surface area contributed by atoms with Crippen LogP contribution in [-0.4, -0.2) is 7.11 Å². The van der Waals surface area contributed by atoms with Crippen LogP contribution in [0.25, 0.3) is 0 Å². The van der Waals surface area contributed by atoms with Gasteiger partial charge in [-0.15, -0.1) is 13.2 Å². The topological polar surface area (TPSA) is 18.5 Å². The summed E-state index contributed by atoms with van der Waals surface area (Å²) in [6.45, 7) is 21.0. The molecule has 2 nitrogen and oxygen atoms in total. The van der Waals surface area contributed by atoms with Crippen LogP contribution in [0.3, 0.4) is 0 Å². The smallest absolute Gasteiger partial charge is 0.134 e. The number of ether oxygens (including phenoxy) is 2. The van der Waals surface area contributed by atoms with Gasteiger partial charge in [-0.3, -0.25) is 0 Å². The normalized spacial score (nSPS) is 10.6. The average molecular weight is 587 g/mol. The van der Waals surface area contributed by atoms with Crippen molar-refractivity contribution >= 4 is 25.3 Å². The highest BCUT2D eigenvalue weighted by Crippen LogP contribution is 2.40. The van der Waals surface area contributed by atoms with Crippen molar-refractivity contribution in [2.24, 2.45) is 0 Å². The maximum absolute atomic E-state index is 6.27. The van der Waals surface area contributed by atoms with Gasteiger partial charge in [0.2, 0.25) is 0 Å². The fraction of sp³-hybridized carbons (Fsp3) is 0.297. The molecule has 41 heavy (non-hydrogen) atoms. The minimum absolute atomic E-state index is 0.195. The highest BCUT2D eigenvalue weighted by Gasteiger charge is 2.27. The third-order valence-corrected chi connectivity index (χ3v) is 7.83. The largest absolute Gasteiger partial charge is 0.496 e. The predicted molar refractivity (Wildman–Crippen MR) is 185 cm³/mol. The maximum Gasteiger partial charge on any atom is 0.134 e. The number of methoxy groups -OCH3 is 1. The number of benzene rings is 4. The SMILES string of the molecule is C=C.COc1c(C)cc(C(C)(C)c2cc(C)c(Oc3ccc(C)cc3)c(CS)c2)cc1CS.Cc1ccc(C)cc1. The van der Waals surface area contributed by atoms with Gasteiger partial charge in [-0.25, -0.2) is 0 Å². The Balaban J connectivity index is 0.000000500. The lowest BCUT2D eigenvalue weighted by atomic mass is 9.76. The van der Waals surface area contributed by atoms with Crippen molar-refractivity contribution in [3.05, 3.63) is 136 Å². The molecule has 0 saturated carbocycles. The van der Waals surface area contributed by atoms with Crippen LogP contribution in [0.4, 0.5) is 0 Å². The summed E-state index contributed by atoms with van der Waals surface area (Å²) >= 11 is 9.13. The van der Waals surface area contributed by atoms with Gasteiger partial charge >= 0.3 is 0 Å². The summed E-state index contributed by atoms with van der Waals surface area (Å²) < 4.78 is 11.9. The third kappa shape index (κ3) is 8.95. The van der Waals surface area contributed by atoms with E-state index in [1.807, 2.05) is 12.1 Å². The molecule has 0 bridgehead atoms. The Morgan fingerprint density at radius 3 is 1.37 bits per heavy atom. The van der Waals surface area contributed by atoms with Gasteiger partial charge in [-0.2, -0.15) is 25.3 Å². The third-order valence-electron chi connectivity index (χ3n) is 7.15. The summed E-state index contributed by atoms with van der Waals surface area (Å²) in [5.74, 6) is 3.89. The van der Waals surface area contributed by atoms with Crippen LogP contribution in [0.5, 0.6) is 17.2 Å². The molecule has 4 aromatic rings. The van der Waals surface area contributed by atoms with E-state index in [0.717, 1.165) is 39.5 Å². The van der Waals surface area contributed by atoms with E-state index in [0.29, 0.717) is 11.5 Å². The maximum atomic E-state index is 6.27. The molecule has 0 aliphatic rings. The molecule has 0 aliphatic carbocycles. The van der Waals surface area contributed by atoms with E-state index in [1.165, 1.54) is 27.8 Å². The minimum Gasteiger partial charge on any atom is -0.496 e. The molecule has 218 valence electrons. The van der Waals surface area contributed by atoms with E-state index in [1.54, 1.807) is 7.11 Å². The molecule has 4 aromatic carbocycles. The van der Waals surface area contributed by atoms with Crippen molar-refractivity contribution in [2.45, 2.75) is 65.4 Å². The Kier molecular flexibility index (Phi) is 13.1. The molecular weight excluding hydrogens is 541 g/mol. The Morgan fingerprint density at radius 1 is 0.610 bits per heavy atom. The van der Waals surface area contributed by atoms with Crippen LogP contribution < -0.4 is 9.47 Å². The summed E-state index contributed by atoms with van der Waals surface area (Å²) in [6.07, 6.45) is 0. The van der Waals surface area contributed by atoms with E-state index < -0.39 is 0 Å². The van der Waals surface area contributed by atoms with Gasteiger partial charge in [0.15, 0.2) is 0 Å². The standard InChI is InChI=1S/C27H32O2S2.C8H10.C2H4/c1-17-7-9-24(10-8-17)29-26-19(3)12-23(14-21(26)16-31)27(4,5)22-11-18(2)25(28-6)20(13-22)15-30;1-7-3-5-8(2)6-4-7;1-2/h7-14,30-31H,15-16H2,1-6H3;3-6H,1-2H3;1-2H2. The van der Waals surface area contributed by atoms with Gasteiger partial charge in [-0.05, 0) is 69.0 Å². The number of rotatable bonds is 7. The van der Waals surface area contributed by atoms with Crippen LogP contribution >= 0.6 is 25.3 Å². The predicted octanol–water partition coefficient (Wildman–Crippen LogP) is 10.7. The van der Waals surface area contributed by atoms with Crippen molar-refractivity contribution in [1.82, 2.24) is 0 Å². The Labute approximate surface area is 259 Å². The van der Waals surface area contributed by atoms with Gasteiger partial charge < -0.3 is 9.47 Å². The molecule has 0 fully saturated rings. The van der Waals surface area contributed by atoms with Gasteiger partial charge in [-0.1, -0.05) is 91.2 Å². The van der Waals surface area contributed by atoms with Gasteiger partial charge in [0.25, 0.3) is 0 Å². The first-order valence-corrected chi connectivity index (χ1v) is 15.1. The molecule has 4 rings (SSSR count). The van der Waals surface area contributed by atoms with E-state index in [-0.39, 0.29) is 5.41 Å². The zero-order chi connectivity index (χ0) is 30.7. The molecule has 0 aliphatic heterocycles.